The van der Waals surface area contributed by atoms with Crippen LogP contribution in [0.4, 0.5) is 17.6 Å². The Morgan fingerprint density at radius 3 is 2.29 bits per heavy atom. The van der Waals surface area contributed by atoms with Crippen molar-refractivity contribution in [2.45, 2.75) is 16.0 Å². The summed E-state index contributed by atoms with van der Waals surface area (Å²) < 4.78 is 67.4. The number of nitrogens with zero attached hydrogens (tertiary/aromatic N) is 2. The molecule has 9 heteroatoms. The third-order valence-electron chi connectivity index (χ3n) is 2.98. The zero-order valence-corrected chi connectivity index (χ0v) is 12.6. The molecule has 24 heavy (non-hydrogen) atoms. The number of aromatic nitrogens is 2. The first-order valence-corrected chi connectivity index (χ1v) is 7.68. The SMILES string of the molecule is O=S(c1cccc(F)c1)c1cccc(-c2noc(C(F)(F)F)n2)c1. The van der Waals surface area contributed by atoms with Crippen LogP contribution in [-0.4, -0.2) is 14.3 Å². The molecule has 0 saturated heterocycles. The maximum absolute atomic E-state index is 13.2. The zero-order valence-electron chi connectivity index (χ0n) is 11.7. The number of hydrogen-bond donors (Lipinski definition) is 0. The molecular weight excluding hydrogens is 348 g/mol. The first-order chi connectivity index (χ1) is 11.3. The normalized spacial score (nSPS) is 13.0. The lowest BCUT2D eigenvalue weighted by molar-refractivity contribution is -0.159. The highest BCUT2D eigenvalue weighted by atomic mass is 32.2. The van der Waals surface area contributed by atoms with Gasteiger partial charge in [0.15, 0.2) is 0 Å². The number of alkyl halides is 3. The van der Waals surface area contributed by atoms with E-state index in [0.717, 1.165) is 6.07 Å². The Kier molecular flexibility index (Phi) is 4.18. The van der Waals surface area contributed by atoms with Gasteiger partial charge in [0, 0.05) is 15.4 Å². The summed E-state index contributed by atoms with van der Waals surface area (Å²) in [6, 6.07) is 11.1. The monoisotopic (exact) mass is 356 g/mol. The third kappa shape index (κ3) is 3.35. The smallest absolute Gasteiger partial charge is 0.329 e. The highest BCUT2D eigenvalue weighted by Crippen LogP contribution is 2.30. The Morgan fingerprint density at radius 2 is 1.67 bits per heavy atom. The van der Waals surface area contributed by atoms with Gasteiger partial charge in [0.25, 0.3) is 0 Å². The van der Waals surface area contributed by atoms with E-state index in [1.165, 1.54) is 42.5 Å². The molecule has 4 nitrogen and oxygen atoms in total. The van der Waals surface area contributed by atoms with Gasteiger partial charge >= 0.3 is 12.1 Å². The fourth-order valence-corrected chi connectivity index (χ4v) is 3.05. The van der Waals surface area contributed by atoms with E-state index in [9.17, 15) is 21.8 Å². The molecule has 0 N–H and O–H groups in total. The van der Waals surface area contributed by atoms with Crippen LogP contribution in [0.1, 0.15) is 5.89 Å². The predicted octanol–water partition coefficient (Wildman–Crippen LogP) is 4.06. The second-order valence-corrected chi connectivity index (χ2v) is 6.16. The molecule has 0 spiro atoms. The predicted molar refractivity (Wildman–Crippen MR) is 75.8 cm³/mol. The van der Waals surface area contributed by atoms with Crippen molar-refractivity contribution in [2.24, 2.45) is 0 Å². The molecule has 2 aromatic carbocycles. The van der Waals surface area contributed by atoms with Crippen molar-refractivity contribution in [1.29, 1.82) is 0 Å². The molecule has 0 amide bonds. The Hall–Kier alpha value is -2.55. The van der Waals surface area contributed by atoms with E-state index in [4.69, 9.17) is 0 Å². The van der Waals surface area contributed by atoms with E-state index in [1.54, 1.807) is 0 Å². The van der Waals surface area contributed by atoms with Gasteiger partial charge in [0.1, 0.15) is 5.82 Å². The van der Waals surface area contributed by atoms with Gasteiger partial charge in [-0.3, -0.25) is 0 Å². The summed E-state index contributed by atoms with van der Waals surface area (Å²) in [5.41, 5.74) is 0.205. The second kappa shape index (κ2) is 6.16. The van der Waals surface area contributed by atoms with Gasteiger partial charge in [-0.05, 0) is 30.3 Å². The summed E-state index contributed by atoms with van der Waals surface area (Å²) in [4.78, 5) is 3.78. The minimum Gasteiger partial charge on any atom is -0.329 e. The molecule has 0 aliphatic heterocycles. The molecule has 0 aliphatic carbocycles. The molecule has 1 atom stereocenters. The molecule has 0 bridgehead atoms. The molecule has 0 radical (unpaired) electrons. The highest BCUT2D eigenvalue weighted by molar-refractivity contribution is 7.85. The van der Waals surface area contributed by atoms with E-state index in [-0.39, 0.29) is 21.2 Å². The minimum absolute atomic E-state index is 0.205. The van der Waals surface area contributed by atoms with Gasteiger partial charge in [-0.1, -0.05) is 23.4 Å². The number of rotatable bonds is 3. The van der Waals surface area contributed by atoms with Crippen LogP contribution >= 0.6 is 0 Å². The molecule has 1 heterocycles. The lowest BCUT2D eigenvalue weighted by atomic mass is 10.2. The second-order valence-electron chi connectivity index (χ2n) is 4.67. The number of hydrogen-bond acceptors (Lipinski definition) is 4. The number of benzene rings is 2. The highest BCUT2D eigenvalue weighted by Gasteiger charge is 2.38. The third-order valence-corrected chi connectivity index (χ3v) is 4.35. The first kappa shape index (κ1) is 16.3. The molecule has 3 rings (SSSR count). The van der Waals surface area contributed by atoms with Crippen LogP contribution in [0.25, 0.3) is 11.4 Å². The Labute approximate surface area is 135 Å². The summed E-state index contributed by atoms with van der Waals surface area (Å²) in [7, 11) is -1.70. The van der Waals surface area contributed by atoms with Crippen molar-refractivity contribution in [3.8, 4) is 11.4 Å². The minimum atomic E-state index is -4.74. The Balaban J connectivity index is 1.95. The fraction of sp³-hybridized carbons (Fsp3) is 0.0667. The Morgan fingerprint density at radius 1 is 1.00 bits per heavy atom. The lowest BCUT2D eigenvalue weighted by Gasteiger charge is -2.04. The molecule has 1 unspecified atom stereocenters. The van der Waals surface area contributed by atoms with Crippen LogP contribution in [0, 0.1) is 5.82 Å². The summed E-state index contributed by atoms with van der Waals surface area (Å²) in [6.07, 6.45) is -4.74. The van der Waals surface area contributed by atoms with Crippen molar-refractivity contribution in [3.63, 3.8) is 0 Å². The summed E-state index contributed by atoms with van der Waals surface area (Å²) in [5, 5.41) is 3.28. The maximum Gasteiger partial charge on any atom is 0.471 e. The average molecular weight is 356 g/mol. The van der Waals surface area contributed by atoms with Crippen molar-refractivity contribution < 1.29 is 26.3 Å². The molecule has 1 aromatic heterocycles. The number of halogens is 4. The molecule has 3 aromatic rings. The zero-order chi connectivity index (χ0) is 17.3. The average Bonchev–Trinajstić information content (AvgIpc) is 3.04. The lowest BCUT2D eigenvalue weighted by Crippen LogP contribution is -2.04. The van der Waals surface area contributed by atoms with Gasteiger partial charge in [-0.15, -0.1) is 0 Å². The molecule has 0 fully saturated rings. The first-order valence-electron chi connectivity index (χ1n) is 6.53. The van der Waals surface area contributed by atoms with Gasteiger partial charge in [0.05, 0.1) is 10.8 Å². The van der Waals surface area contributed by atoms with Crippen LogP contribution in [0.3, 0.4) is 0 Å². The van der Waals surface area contributed by atoms with Crippen molar-refractivity contribution in [3.05, 3.63) is 60.2 Å². The molecule has 124 valence electrons. The van der Waals surface area contributed by atoms with Gasteiger partial charge in [0.2, 0.25) is 5.82 Å². The van der Waals surface area contributed by atoms with Gasteiger partial charge in [-0.25, -0.2) is 8.60 Å². The topological polar surface area (TPSA) is 56.0 Å². The molecular formula is C15H8F4N2O2S. The van der Waals surface area contributed by atoms with E-state index < -0.39 is 28.7 Å². The van der Waals surface area contributed by atoms with E-state index in [1.807, 2.05) is 0 Å². The van der Waals surface area contributed by atoms with Gasteiger partial charge in [-0.2, -0.15) is 18.2 Å². The van der Waals surface area contributed by atoms with E-state index >= 15 is 0 Å². The van der Waals surface area contributed by atoms with E-state index in [2.05, 4.69) is 14.7 Å². The molecule has 0 aliphatic rings. The summed E-state index contributed by atoms with van der Waals surface area (Å²) >= 11 is 0. The van der Waals surface area contributed by atoms with Crippen molar-refractivity contribution >= 4 is 10.8 Å². The maximum atomic E-state index is 13.2. The van der Waals surface area contributed by atoms with Crippen molar-refractivity contribution in [2.75, 3.05) is 0 Å². The standard InChI is InChI=1S/C15H8F4N2O2S/c16-10-4-2-6-12(8-10)24(22)11-5-1-3-9(7-11)13-20-14(23-21-13)15(17,18)19/h1-8H. The van der Waals surface area contributed by atoms with E-state index in [0.29, 0.717) is 0 Å². The Bertz CT molecular complexity index is 908. The van der Waals surface area contributed by atoms with Crippen LogP contribution in [0.15, 0.2) is 62.8 Å². The quantitative estimate of drug-likeness (QED) is 0.664. The van der Waals surface area contributed by atoms with Crippen LogP contribution in [0.2, 0.25) is 0 Å². The van der Waals surface area contributed by atoms with Crippen LogP contribution in [-0.2, 0) is 17.0 Å². The summed E-state index contributed by atoms with van der Waals surface area (Å²) in [5.74, 6) is -2.28. The van der Waals surface area contributed by atoms with Crippen LogP contribution < -0.4 is 0 Å². The largest absolute Gasteiger partial charge is 0.471 e. The molecule has 0 saturated carbocycles. The fourth-order valence-electron chi connectivity index (χ4n) is 1.92. The van der Waals surface area contributed by atoms with Crippen molar-refractivity contribution in [1.82, 2.24) is 10.1 Å². The summed E-state index contributed by atoms with van der Waals surface area (Å²) in [6.45, 7) is 0. The van der Waals surface area contributed by atoms with Crippen LogP contribution in [0.5, 0.6) is 0 Å². The van der Waals surface area contributed by atoms with Gasteiger partial charge < -0.3 is 4.52 Å².